The normalized spacial score (nSPS) is 38.2. The molecule has 0 radical (unpaired) electrons. The van der Waals surface area contributed by atoms with Crippen molar-refractivity contribution >= 4 is 0 Å². The van der Waals surface area contributed by atoms with Crippen LogP contribution in [0.15, 0.2) is 0 Å². The molecule has 16 heavy (non-hydrogen) atoms. The highest BCUT2D eigenvalue weighted by molar-refractivity contribution is 4.78. The Morgan fingerprint density at radius 2 is 1.12 bits per heavy atom. The maximum atomic E-state index is 5.83. The van der Waals surface area contributed by atoms with E-state index in [0.717, 1.165) is 12.8 Å². The first-order chi connectivity index (χ1) is 7.38. The van der Waals surface area contributed by atoms with Crippen LogP contribution in [0.2, 0.25) is 0 Å². The van der Waals surface area contributed by atoms with Gasteiger partial charge in [0.1, 0.15) is 0 Å². The van der Waals surface area contributed by atoms with Crippen LogP contribution < -0.4 is 0 Å². The van der Waals surface area contributed by atoms with E-state index in [1.54, 1.807) is 0 Å². The Bertz CT molecular complexity index is 223. The largest absolute Gasteiger partial charge is 0.348 e. The lowest BCUT2D eigenvalue weighted by Gasteiger charge is -2.43. The van der Waals surface area contributed by atoms with Gasteiger partial charge in [0.15, 0.2) is 0 Å². The summed E-state index contributed by atoms with van der Waals surface area (Å²) in [5.41, 5.74) is -0.311. The highest BCUT2D eigenvalue weighted by Gasteiger charge is 2.40. The van der Waals surface area contributed by atoms with Gasteiger partial charge in [-0.05, 0) is 40.5 Å². The van der Waals surface area contributed by atoms with Crippen molar-refractivity contribution in [2.24, 2.45) is 0 Å². The molecule has 0 unspecified atom stereocenters. The fourth-order valence-electron chi connectivity index (χ4n) is 1.92. The minimum absolute atomic E-state index is 0.156. The summed E-state index contributed by atoms with van der Waals surface area (Å²) < 4.78 is 22.8. The Morgan fingerprint density at radius 1 is 0.750 bits per heavy atom. The summed E-state index contributed by atoms with van der Waals surface area (Å²) in [5.74, 6) is 0. The SMILES string of the molecule is CC1(C)CCO[C@@H]([C@@H]2OCCC(C)(C)O2)O1. The maximum absolute atomic E-state index is 5.83. The van der Waals surface area contributed by atoms with Crippen LogP contribution in [-0.4, -0.2) is 37.0 Å². The lowest BCUT2D eigenvalue weighted by atomic mass is 10.0. The fourth-order valence-corrected chi connectivity index (χ4v) is 1.92. The van der Waals surface area contributed by atoms with E-state index < -0.39 is 12.6 Å². The van der Waals surface area contributed by atoms with E-state index in [1.165, 1.54) is 0 Å². The highest BCUT2D eigenvalue weighted by atomic mass is 16.8. The topological polar surface area (TPSA) is 36.9 Å². The van der Waals surface area contributed by atoms with Gasteiger partial charge in [-0.1, -0.05) is 0 Å². The summed E-state index contributed by atoms with van der Waals surface area (Å²) >= 11 is 0. The van der Waals surface area contributed by atoms with Gasteiger partial charge < -0.3 is 18.9 Å². The number of hydrogen-bond acceptors (Lipinski definition) is 4. The first-order valence-electron chi connectivity index (χ1n) is 5.97. The molecule has 0 aromatic rings. The van der Waals surface area contributed by atoms with Crippen molar-refractivity contribution in [3.8, 4) is 0 Å². The van der Waals surface area contributed by atoms with Crippen molar-refractivity contribution in [1.82, 2.24) is 0 Å². The summed E-state index contributed by atoms with van der Waals surface area (Å²) in [6, 6.07) is 0. The second kappa shape index (κ2) is 4.26. The van der Waals surface area contributed by atoms with Crippen LogP contribution in [-0.2, 0) is 18.9 Å². The smallest absolute Gasteiger partial charge is 0.209 e. The average Bonchev–Trinajstić information content (AvgIpc) is 2.14. The predicted octanol–water partition coefficient (Wildman–Crippen LogP) is 2.07. The van der Waals surface area contributed by atoms with E-state index in [-0.39, 0.29) is 11.2 Å². The summed E-state index contributed by atoms with van der Waals surface area (Å²) in [6.45, 7) is 9.66. The van der Waals surface area contributed by atoms with Gasteiger partial charge in [-0.25, -0.2) is 0 Å². The number of ether oxygens (including phenoxy) is 4. The Morgan fingerprint density at radius 3 is 1.44 bits per heavy atom. The molecule has 2 aliphatic heterocycles. The van der Waals surface area contributed by atoms with Crippen LogP contribution in [0, 0.1) is 0 Å². The minimum atomic E-state index is -0.400. The van der Waals surface area contributed by atoms with Gasteiger partial charge in [0.2, 0.25) is 12.6 Å². The maximum Gasteiger partial charge on any atom is 0.209 e. The molecule has 0 bridgehead atoms. The Balaban J connectivity index is 1.96. The van der Waals surface area contributed by atoms with Crippen molar-refractivity contribution in [2.45, 2.75) is 64.3 Å². The third kappa shape index (κ3) is 2.94. The molecule has 0 saturated carbocycles. The minimum Gasteiger partial charge on any atom is -0.348 e. The van der Waals surface area contributed by atoms with Gasteiger partial charge in [-0.3, -0.25) is 0 Å². The van der Waals surface area contributed by atoms with E-state index in [2.05, 4.69) is 27.7 Å². The second-order valence-corrected chi connectivity index (χ2v) is 5.73. The van der Waals surface area contributed by atoms with Crippen LogP contribution in [0.1, 0.15) is 40.5 Å². The Hall–Kier alpha value is -0.160. The lowest BCUT2D eigenvalue weighted by molar-refractivity contribution is -0.366. The third-order valence-electron chi connectivity index (χ3n) is 3.07. The first-order valence-corrected chi connectivity index (χ1v) is 5.97. The molecule has 2 heterocycles. The van der Waals surface area contributed by atoms with Crippen LogP contribution in [0.4, 0.5) is 0 Å². The fraction of sp³-hybridized carbons (Fsp3) is 1.00. The number of hydrogen-bond donors (Lipinski definition) is 0. The Labute approximate surface area is 97.2 Å². The molecular formula is C12H22O4. The standard InChI is InChI=1S/C12H22O4/c1-11(2)5-7-13-9(15-11)10-14-8-6-12(3,4)16-10/h9-10H,5-8H2,1-4H3/t9-,10-/m1/s1. The van der Waals surface area contributed by atoms with Crippen molar-refractivity contribution in [3.63, 3.8) is 0 Å². The van der Waals surface area contributed by atoms with E-state index in [9.17, 15) is 0 Å². The van der Waals surface area contributed by atoms with Crippen LogP contribution >= 0.6 is 0 Å². The molecule has 0 aliphatic carbocycles. The predicted molar refractivity (Wildman–Crippen MR) is 59.0 cm³/mol. The molecule has 2 saturated heterocycles. The zero-order chi connectivity index (χ0) is 11.8. The van der Waals surface area contributed by atoms with Gasteiger partial charge in [-0.2, -0.15) is 0 Å². The third-order valence-corrected chi connectivity index (χ3v) is 3.07. The Kier molecular flexibility index (Phi) is 3.27. The number of rotatable bonds is 1. The molecular weight excluding hydrogens is 208 g/mol. The monoisotopic (exact) mass is 230 g/mol. The summed E-state index contributed by atoms with van der Waals surface area (Å²) in [7, 11) is 0. The van der Waals surface area contributed by atoms with Crippen molar-refractivity contribution < 1.29 is 18.9 Å². The van der Waals surface area contributed by atoms with E-state index in [0.29, 0.717) is 13.2 Å². The molecule has 4 nitrogen and oxygen atoms in total. The summed E-state index contributed by atoms with van der Waals surface area (Å²) in [6.07, 6.45) is 1.01. The zero-order valence-corrected chi connectivity index (χ0v) is 10.6. The van der Waals surface area contributed by atoms with Crippen molar-refractivity contribution in [2.75, 3.05) is 13.2 Å². The van der Waals surface area contributed by atoms with E-state index in [1.807, 2.05) is 0 Å². The first kappa shape index (κ1) is 12.3. The van der Waals surface area contributed by atoms with Crippen LogP contribution in [0.3, 0.4) is 0 Å². The van der Waals surface area contributed by atoms with Gasteiger partial charge in [-0.15, -0.1) is 0 Å². The molecule has 0 N–H and O–H groups in total. The van der Waals surface area contributed by atoms with Crippen molar-refractivity contribution in [1.29, 1.82) is 0 Å². The molecule has 0 spiro atoms. The molecule has 2 aliphatic rings. The average molecular weight is 230 g/mol. The second-order valence-electron chi connectivity index (χ2n) is 5.73. The van der Waals surface area contributed by atoms with Crippen LogP contribution in [0.25, 0.3) is 0 Å². The molecule has 0 aromatic carbocycles. The molecule has 4 heteroatoms. The van der Waals surface area contributed by atoms with Gasteiger partial charge in [0.25, 0.3) is 0 Å². The molecule has 0 amide bonds. The van der Waals surface area contributed by atoms with Gasteiger partial charge in [0.05, 0.1) is 24.4 Å². The lowest BCUT2D eigenvalue weighted by Crippen LogP contribution is -2.51. The molecule has 0 aromatic heterocycles. The van der Waals surface area contributed by atoms with E-state index in [4.69, 9.17) is 18.9 Å². The summed E-state index contributed by atoms with van der Waals surface area (Å²) in [4.78, 5) is 0. The molecule has 2 rings (SSSR count). The zero-order valence-electron chi connectivity index (χ0n) is 10.6. The van der Waals surface area contributed by atoms with Gasteiger partial charge in [0, 0.05) is 0 Å². The van der Waals surface area contributed by atoms with Crippen molar-refractivity contribution in [3.05, 3.63) is 0 Å². The van der Waals surface area contributed by atoms with E-state index >= 15 is 0 Å². The highest BCUT2D eigenvalue weighted by Crippen LogP contribution is 2.31. The molecule has 2 fully saturated rings. The molecule has 94 valence electrons. The van der Waals surface area contributed by atoms with Crippen LogP contribution in [0.5, 0.6) is 0 Å². The molecule has 2 atom stereocenters. The van der Waals surface area contributed by atoms with Gasteiger partial charge >= 0.3 is 0 Å². The quantitative estimate of drug-likeness (QED) is 0.691. The summed E-state index contributed by atoms with van der Waals surface area (Å²) in [5, 5.41) is 0.